The molecule has 3 N–H and O–H groups in total. The number of aliphatic hydroxyl groups is 1. The first kappa shape index (κ1) is 15.7. The lowest BCUT2D eigenvalue weighted by molar-refractivity contribution is 0.102. The first-order valence-electron chi connectivity index (χ1n) is 7.68. The molecule has 4 rings (SSSR count). The van der Waals surface area contributed by atoms with Gasteiger partial charge in [0.25, 0.3) is 0 Å². The van der Waals surface area contributed by atoms with Gasteiger partial charge in [0.1, 0.15) is 10.6 Å². The van der Waals surface area contributed by atoms with Crippen LogP contribution in [0.25, 0.3) is 16.7 Å². The van der Waals surface area contributed by atoms with Crippen LogP contribution in [0.15, 0.2) is 42.0 Å². The molecular weight excluding hydrogens is 336 g/mol. The van der Waals surface area contributed by atoms with E-state index in [0.717, 1.165) is 22.2 Å². The van der Waals surface area contributed by atoms with Crippen LogP contribution in [0.5, 0.6) is 0 Å². The number of nitrogens with zero attached hydrogens (tertiary/aromatic N) is 5. The number of anilines is 1. The third kappa shape index (κ3) is 2.55. The van der Waals surface area contributed by atoms with Crippen molar-refractivity contribution < 1.29 is 5.11 Å². The minimum atomic E-state index is -1.18. The van der Waals surface area contributed by atoms with Crippen LogP contribution < -0.4 is 5.73 Å². The molecule has 0 spiro atoms. The monoisotopic (exact) mass is 352 g/mol. The number of aryl methyl sites for hydroxylation is 1. The summed E-state index contributed by atoms with van der Waals surface area (Å²) in [6.45, 7) is 3.67. The molecule has 8 heteroatoms. The van der Waals surface area contributed by atoms with Crippen LogP contribution >= 0.6 is 11.3 Å². The van der Waals surface area contributed by atoms with Crippen molar-refractivity contribution in [1.82, 2.24) is 24.7 Å². The molecule has 25 heavy (non-hydrogen) atoms. The minimum absolute atomic E-state index is 0.185. The van der Waals surface area contributed by atoms with Crippen LogP contribution in [0.2, 0.25) is 0 Å². The largest absolute Gasteiger partial charge is 0.378 e. The maximum Gasteiger partial charge on any atom is 0.221 e. The van der Waals surface area contributed by atoms with Crippen molar-refractivity contribution in [3.8, 4) is 5.82 Å². The number of fused-ring (bicyclic) bond motifs is 1. The standard InChI is InChI=1S/C17H16N6OS/c1-10-12-4-3-11(17(2,24)15-19-7-8-25-15)9-13(12)23(22-10)14-5-6-20-16(18)21-14/h3-9,24H,1-2H3,(H2,18,20,21). The van der Waals surface area contributed by atoms with Crippen molar-refractivity contribution in [2.24, 2.45) is 0 Å². The molecule has 0 amide bonds. The summed E-state index contributed by atoms with van der Waals surface area (Å²) < 4.78 is 1.71. The summed E-state index contributed by atoms with van der Waals surface area (Å²) in [5.74, 6) is 0.765. The molecule has 0 saturated carbocycles. The number of hydrogen-bond donors (Lipinski definition) is 2. The third-order valence-electron chi connectivity index (χ3n) is 4.15. The molecule has 0 saturated heterocycles. The first-order chi connectivity index (χ1) is 12.0. The molecule has 7 nitrogen and oxygen atoms in total. The fraction of sp³-hybridized carbons (Fsp3) is 0.176. The van der Waals surface area contributed by atoms with Gasteiger partial charge >= 0.3 is 0 Å². The highest BCUT2D eigenvalue weighted by molar-refractivity contribution is 7.09. The Morgan fingerprint density at radius 2 is 2.04 bits per heavy atom. The van der Waals surface area contributed by atoms with E-state index in [4.69, 9.17) is 5.73 Å². The van der Waals surface area contributed by atoms with Gasteiger partial charge in [-0.15, -0.1) is 11.3 Å². The van der Waals surface area contributed by atoms with Crippen LogP contribution in [0.1, 0.15) is 23.2 Å². The zero-order chi connectivity index (χ0) is 17.6. The normalized spacial score (nSPS) is 13.9. The minimum Gasteiger partial charge on any atom is -0.378 e. The Morgan fingerprint density at radius 3 is 2.76 bits per heavy atom. The van der Waals surface area contributed by atoms with Crippen LogP contribution in [-0.4, -0.2) is 29.8 Å². The Morgan fingerprint density at radius 1 is 1.20 bits per heavy atom. The van der Waals surface area contributed by atoms with Gasteiger partial charge in [0.05, 0.1) is 11.2 Å². The maximum absolute atomic E-state index is 11.0. The quantitative estimate of drug-likeness (QED) is 0.587. The fourth-order valence-corrected chi connectivity index (χ4v) is 3.54. The number of rotatable bonds is 3. The number of thiazole rings is 1. The summed E-state index contributed by atoms with van der Waals surface area (Å²) in [6.07, 6.45) is 3.28. The van der Waals surface area contributed by atoms with E-state index < -0.39 is 5.60 Å². The fourth-order valence-electron chi connectivity index (χ4n) is 2.82. The molecule has 1 aromatic carbocycles. The number of nitrogen functional groups attached to an aromatic ring is 1. The number of nitrogens with two attached hydrogens (primary N) is 1. The predicted octanol–water partition coefficient (Wildman–Crippen LogP) is 2.42. The molecule has 0 aliphatic rings. The van der Waals surface area contributed by atoms with E-state index in [1.807, 2.05) is 30.5 Å². The average molecular weight is 352 g/mol. The van der Waals surface area contributed by atoms with Gasteiger partial charge in [-0.2, -0.15) is 10.1 Å². The van der Waals surface area contributed by atoms with E-state index in [-0.39, 0.29) is 5.95 Å². The van der Waals surface area contributed by atoms with Gasteiger partial charge < -0.3 is 10.8 Å². The Balaban J connectivity index is 1.92. The molecule has 1 atom stereocenters. The number of hydrogen-bond acceptors (Lipinski definition) is 7. The Bertz CT molecular complexity index is 1050. The Kier molecular flexibility index (Phi) is 3.52. The predicted molar refractivity (Wildman–Crippen MR) is 96.6 cm³/mol. The summed E-state index contributed by atoms with van der Waals surface area (Å²) >= 11 is 1.42. The van der Waals surface area contributed by atoms with Gasteiger partial charge in [0.2, 0.25) is 5.95 Å². The van der Waals surface area contributed by atoms with Gasteiger partial charge in [-0.3, -0.25) is 0 Å². The first-order valence-corrected chi connectivity index (χ1v) is 8.56. The van der Waals surface area contributed by atoms with Crippen molar-refractivity contribution in [3.05, 3.63) is 58.3 Å². The molecule has 0 aliphatic carbocycles. The summed E-state index contributed by atoms with van der Waals surface area (Å²) in [5, 5.41) is 19.0. The second kappa shape index (κ2) is 5.61. The zero-order valence-electron chi connectivity index (χ0n) is 13.7. The van der Waals surface area contributed by atoms with E-state index in [1.54, 1.807) is 30.1 Å². The number of benzene rings is 1. The lowest BCUT2D eigenvalue weighted by Crippen LogP contribution is -2.22. The van der Waals surface area contributed by atoms with E-state index in [2.05, 4.69) is 20.1 Å². The van der Waals surface area contributed by atoms with Crippen molar-refractivity contribution in [2.75, 3.05) is 5.73 Å². The third-order valence-corrected chi connectivity index (χ3v) is 5.14. The lowest BCUT2D eigenvalue weighted by atomic mass is 9.95. The summed E-state index contributed by atoms with van der Waals surface area (Å²) in [7, 11) is 0. The Hall–Kier alpha value is -2.84. The molecule has 0 radical (unpaired) electrons. The highest BCUT2D eigenvalue weighted by Gasteiger charge is 2.29. The maximum atomic E-state index is 11.0. The smallest absolute Gasteiger partial charge is 0.221 e. The van der Waals surface area contributed by atoms with Gasteiger partial charge in [0.15, 0.2) is 5.82 Å². The second-order valence-electron chi connectivity index (χ2n) is 5.91. The van der Waals surface area contributed by atoms with Gasteiger partial charge in [-0.1, -0.05) is 12.1 Å². The summed E-state index contributed by atoms with van der Waals surface area (Å²) in [4.78, 5) is 12.4. The summed E-state index contributed by atoms with van der Waals surface area (Å²) in [5.41, 5.74) is 6.96. The highest BCUT2D eigenvalue weighted by atomic mass is 32.1. The van der Waals surface area contributed by atoms with E-state index in [1.165, 1.54) is 11.3 Å². The van der Waals surface area contributed by atoms with E-state index in [0.29, 0.717) is 10.8 Å². The van der Waals surface area contributed by atoms with Gasteiger partial charge in [-0.25, -0.2) is 14.6 Å². The van der Waals surface area contributed by atoms with Crippen molar-refractivity contribution >= 4 is 28.2 Å². The van der Waals surface area contributed by atoms with Crippen LogP contribution in [-0.2, 0) is 5.60 Å². The van der Waals surface area contributed by atoms with Crippen LogP contribution in [0.4, 0.5) is 5.95 Å². The zero-order valence-corrected chi connectivity index (χ0v) is 14.5. The van der Waals surface area contributed by atoms with Crippen molar-refractivity contribution in [2.45, 2.75) is 19.4 Å². The van der Waals surface area contributed by atoms with Crippen molar-refractivity contribution in [1.29, 1.82) is 0 Å². The van der Waals surface area contributed by atoms with Crippen molar-refractivity contribution in [3.63, 3.8) is 0 Å². The molecule has 0 aliphatic heterocycles. The van der Waals surface area contributed by atoms with Gasteiger partial charge in [0, 0.05) is 29.2 Å². The molecule has 3 heterocycles. The molecule has 1 unspecified atom stereocenters. The molecule has 0 fully saturated rings. The molecule has 126 valence electrons. The second-order valence-corrected chi connectivity index (χ2v) is 6.81. The van der Waals surface area contributed by atoms with Gasteiger partial charge in [-0.05, 0) is 25.5 Å². The SMILES string of the molecule is Cc1nn(-c2ccnc(N)n2)c2cc(C(C)(O)c3nccs3)ccc12. The lowest BCUT2D eigenvalue weighted by Gasteiger charge is -2.21. The molecule has 0 bridgehead atoms. The highest BCUT2D eigenvalue weighted by Crippen LogP contribution is 2.33. The number of aromatic nitrogens is 5. The summed E-state index contributed by atoms with van der Waals surface area (Å²) in [6, 6.07) is 7.51. The molecule has 4 aromatic rings. The van der Waals surface area contributed by atoms with E-state index in [9.17, 15) is 5.11 Å². The average Bonchev–Trinajstić information content (AvgIpc) is 3.23. The molecule has 3 aromatic heterocycles. The van der Waals surface area contributed by atoms with Crippen LogP contribution in [0.3, 0.4) is 0 Å². The van der Waals surface area contributed by atoms with Crippen LogP contribution in [0, 0.1) is 6.92 Å². The Labute approximate surface area is 147 Å². The van der Waals surface area contributed by atoms with E-state index >= 15 is 0 Å². The topological polar surface area (TPSA) is 103 Å². The molecular formula is C17H16N6OS.